The Balaban J connectivity index is 2.02. The van der Waals surface area contributed by atoms with Gasteiger partial charge in [0.25, 0.3) is 0 Å². The zero-order chi connectivity index (χ0) is 14.8. The van der Waals surface area contributed by atoms with Gasteiger partial charge in [-0.05, 0) is 13.3 Å². The summed E-state index contributed by atoms with van der Waals surface area (Å²) in [5.74, 6) is -1.50. The van der Waals surface area contributed by atoms with Gasteiger partial charge < -0.3 is 9.26 Å². The smallest absolute Gasteiger partial charge is 0.240 e. The average Bonchev–Trinajstić information content (AvgIpc) is 2.96. The van der Waals surface area contributed by atoms with E-state index in [0.29, 0.717) is 18.6 Å². The fraction of sp³-hybridized carbons (Fsp3) is 0.500. The number of ether oxygens (including phenoxy) is 1. The van der Waals surface area contributed by atoms with E-state index in [4.69, 9.17) is 4.74 Å². The summed E-state index contributed by atoms with van der Waals surface area (Å²) in [7, 11) is -3.80. The molecule has 1 fully saturated rings. The van der Waals surface area contributed by atoms with Gasteiger partial charge in [0.05, 0.1) is 12.0 Å². The number of sulfonamides is 1. The molecule has 1 amide bonds. The SMILES string of the molecule is C=C(C)[C@@H]1OCC[C@@H]1C(=O)NS(=O)(=O)Cc1ccon1. The van der Waals surface area contributed by atoms with Gasteiger partial charge in [-0.3, -0.25) is 9.52 Å². The molecule has 0 aromatic carbocycles. The van der Waals surface area contributed by atoms with E-state index >= 15 is 0 Å². The van der Waals surface area contributed by atoms with Crippen molar-refractivity contribution in [3.63, 3.8) is 0 Å². The van der Waals surface area contributed by atoms with E-state index in [0.717, 1.165) is 0 Å². The highest BCUT2D eigenvalue weighted by molar-refractivity contribution is 7.89. The van der Waals surface area contributed by atoms with Crippen LogP contribution in [-0.2, 0) is 25.3 Å². The molecular weight excluding hydrogens is 284 g/mol. The van der Waals surface area contributed by atoms with Gasteiger partial charge >= 0.3 is 0 Å². The molecule has 1 aromatic heterocycles. The number of carbonyl (C=O) groups excluding carboxylic acids is 1. The Morgan fingerprint density at radius 2 is 2.35 bits per heavy atom. The van der Waals surface area contributed by atoms with Crippen LogP contribution >= 0.6 is 0 Å². The molecule has 1 aliphatic rings. The van der Waals surface area contributed by atoms with Gasteiger partial charge in [-0.25, -0.2) is 8.42 Å². The maximum absolute atomic E-state index is 12.0. The lowest BCUT2D eigenvalue weighted by Crippen LogP contribution is -2.39. The van der Waals surface area contributed by atoms with Crippen molar-refractivity contribution in [2.45, 2.75) is 25.2 Å². The first-order chi connectivity index (χ1) is 9.39. The van der Waals surface area contributed by atoms with Crippen LogP contribution in [-0.4, -0.2) is 32.2 Å². The maximum Gasteiger partial charge on any atom is 0.240 e. The van der Waals surface area contributed by atoms with E-state index in [1.807, 2.05) is 0 Å². The van der Waals surface area contributed by atoms with Crippen LogP contribution in [0.1, 0.15) is 19.0 Å². The third-order valence-corrected chi connectivity index (χ3v) is 4.19. The lowest BCUT2D eigenvalue weighted by molar-refractivity contribution is -0.124. The zero-order valence-electron chi connectivity index (χ0n) is 11.0. The number of hydrogen-bond acceptors (Lipinski definition) is 6. The van der Waals surface area contributed by atoms with Gasteiger partial charge in [-0.1, -0.05) is 17.3 Å². The van der Waals surface area contributed by atoms with Gasteiger partial charge in [-0.2, -0.15) is 0 Å². The molecule has 1 aromatic rings. The van der Waals surface area contributed by atoms with Crippen molar-refractivity contribution in [1.29, 1.82) is 0 Å². The number of nitrogens with one attached hydrogen (secondary N) is 1. The fourth-order valence-corrected chi connectivity index (χ4v) is 3.18. The van der Waals surface area contributed by atoms with E-state index in [1.165, 1.54) is 12.3 Å². The number of carbonyl (C=O) groups is 1. The second-order valence-corrected chi connectivity index (χ2v) is 6.47. The molecule has 0 bridgehead atoms. The molecule has 0 radical (unpaired) electrons. The van der Waals surface area contributed by atoms with Crippen molar-refractivity contribution in [3.8, 4) is 0 Å². The number of nitrogens with zero attached hydrogens (tertiary/aromatic N) is 1. The monoisotopic (exact) mass is 300 g/mol. The third-order valence-electron chi connectivity index (χ3n) is 3.00. The molecule has 7 nitrogen and oxygen atoms in total. The summed E-state index contributed by atoms with van der Waals surface area (Å²) in [5, 5.41) is 3.51. The molecule has 2 heterocycles. The first-order valence-electron chi connectivity index (χ1n) is 6.09. The minimum atomic E-state index is -3.80. The lowest BCUT2D eigenvalue weighted by atomic mass is 9.96. The summed E-state index contributed by atoms with van der Waals surface area (Å²) >= 11 is 0. The molecule has 1 saturated heterocycles. The second kappa shape index (κ2) is 5.76. The quantitative estimate of drug-likeness (QED) is 0.800. The molecule has 2 rings (SSSR count). The molecule has 2 atom stereocenters. The number of hydrogen-bond donors (Lipinski definition) is 1. The molecule has 0 saturated carbocycles. The molecule has 8 heteroatoms. The van der Waals surface area contributed by atoms with E-state index < -0.39 is 33.7 Å². The van der Waals surface area contributed by atoms with Crippen molar-refractivity contribution < 1.29 is 22.5 Å². The van der Waals surface area contributed by atoms with Gasteiger partial charge in [0.2, 0.25) is 15.9 Å². The molecule has 20 heavy (non-hydrogen) atoms. The molecular formula is C12H16N2O5S. The summed E-state index contributed by atoms with van der Waals surface area (Å²) in [4.78, 5) is 12.0. The summed E-state index contributed by atoms with van der Waals surface area (Å²) < 4.78 is 35.7. The highest BCUT2D eigenvalue weighted by atomic mass is 32.2. The van der Waals surface area contributed by atoms with Crippen LogP contribution < -0.4 is 4.72 Å². The van der Waals surface area contributed by atoms with E-state index in [9.17, 15) is 13.2 Å². The second-order valence-electron chi connectivity index (χ2n) is 4.75. The highest BCUT2D eigenvalue weighted by Crippen LogP contribution is 2.26. The van der Waals surface area contributed by atoms with E-state index in [-0.39, 0.29) is 5.69 Å². The fourth-order valence-electron chi connectivity index (χ4n) is 2.12. The van der Waals surface area contributed by atoms with Gasteiger partial charge in [0.15, 0.2) is 0 Å². The standard InChI is InChI=1S/C12H16N2O5S/c1-8(2)11-10(4-5-18-11)12(15)14-20(16,17)7-9-3-6-19-13-9/h3,6,10-11H,1,4-5,7H2,2H3,(H,14,15)/t10-,11-/m0/s1. The van der Waals surface area contributed by atoms with Crippen molar-refractivity contribution in [1.82, 2.24) is 9.88 Å². The molecule has 0 spiro atoms. The van der Waals surface area contributed by atoms with Crippen LogP contribution in [0.2, 0.25) is 0 Å². The summed E-state index contributed by atoms with van der Waals surface area (Å²) in [6.45, 7) is 5.92. The first kappa shape index (κ1) is 14.7. The van der Waals surface area contributed by atoms with Crippen LogP contribution in [0.15, 0.2) is 29.0 Å². The molecule has 1 aliphatic heterocycles. The van der Waals surface area contributed by atoms with E-state index in [1.54, 1.807) is 6.92 Å². The van der Waals surface area contributed by atoms with Gasteiger partial charge in [0, 0.05) is 12.7 Å². The van der Waals surface area contributed by atoms with E-state index in [2.05, 4.69) is 21.0 Å². The first-order valence-corrected chi connectivity index (χ1v) is 7.75. The van der Waals surface area contributed by atoms with Gasteiger partial charge in [0.1, 0.15) is 17.7 Å². The van der Waals surface area contributed by atoms with Crippen LogP contribution in [0.3, 0.4) is 0 Å². The number of amides is 1. The Bertz CT molecular complexity index is 593. The Kier molecular flexibility index (Phi) is 4.24. The normalized spacial score (nSPS) is 22.6. The number of aromatic nitrogens is 1. The minimum absolute atomic E-state index is 0.240. The Hall–Kier alpha value is -1.67. The average molecular weight is 300 g/mol. The van der Waals surface area contributed by atoms with Crippen molar-refractivity contribution in [2.24, 2.45) is 5.92 Å². The van der Waals surface area contributed by atoms with Crippen molar-refractivity contribution in [3.05, 3.63) is 30.2 Å². The Morgan fingerprint density at radius 3 is 2.95 bits per heavy atom. The summed E-state index contributed by atoms with van der Waals surface area (Å²) in [6, 6.07) is 1.43. The summed E-state index contributed by atoms with van der Waals surface area (Å²) in [6.07, 6.45) is 1.31. The minimum Gasteiger partial charge on any atom is -0.373 e. The molecule has 0 unspecified atom stereocenters. The Morgan fingerprint density at radius 1 is 1.60 bits per heavy atom. The third kappa shape index (κ3) is 3.45. The highest BCUT2D eigenvalue weighted by Gasteiger charge is 2.36. The zero-order valence-corrected chi connectivity index (χ0v) is 11.9. The van der Waals surface area contributed by atoms with Crippen molar-refractivity contribution in [2.75, 3.05) is 6.61 Å². The molecule has 110 valence electrons. The van der Waals surface area contributed by atoms with Crippen LogP contribution in [0, 0.1) is 5.92 Å². The Labute approximate surface area is 117 Å². The number of rotatable bonds is 5. The maximum atomic E-state index is 12.0. The predicted octanol–water partition coefficient (Wildman–Crippen LogP) is 0.602. The topological polar surface area (TPSA) is 98.5 Å². The van der Waals surface area contributed by atoms with Crippen LogP contribution in [0.5, 0.6) is 0 Å². The predicted molar refractivity (Wildman–Crippen MR) is 69.9 cm³/mol. The van der Waals surface area contributed by atoms with Gasteiger partial charge in [-0.15, -0.1) is 0 Å². The molecule has 1 N–H and O–H groups in total. The van der Waals surface area contributed by atoms with Crippen LogP contribution in [0.25, 0.3) is 0 Å². The lowest BCUT2D eigenvalue weighted by Gasteiger charge is -2.17. The van der Waals surface area contributed by atoms with Crippen LogP contribution in [0.4, 0.5) is 0 Å². The largest absolute Gasteiger partial charge is 0.373 e. The molecule has 0 aliphatic carbocycles. The summed E-state index contributed by atoms with van der Waals surface area (Å²) in [5.41, 5.74) is 0.945. The van der Waals surface area contributed by atoms with Crippen molar-refractivity contribution >= 4 is 15.9 Å².